The van der Waals surface area contributed by atoms with Gasteiger partial charge in [-0.15, -0.1) is 0 Å². The van der Waals surface area contributed by atoms with Gasteiger partial charge in [-0.25, -0.2) is 0 Å². The minimum atomic E-state index is 0.0394. The van der Waals surface area contributed by atoms with Crippen molar-refractivity contribution in [3.63, 3.8) is 0 Å². The molecule has 3 nitrogen and oxygen atoms in total. The lowest BCUT2D eigenvalue weighted by Gasteiger charge is -2.17. The number of amides is 1. The molecule has 0 aliphatic carbocycles. The molecular weight excluding hydrogens is 214 g/mol. The first-order valence-corrected chi connectivity index (χ1v) is 6.52. The van der Waals surface area contributed by atoms with Crippen LogP contribution >= 0.6 is 0 Å². The molecule has 0 aliphatic heterocycles. The van der Waals surface area contributed by atoms with E-state index in [1.807, 2.05) is 34.6 Å². The minimum absolute atomic E-state index is 0.0394. The molecule has 0 rings (SSSR count). The maximum atomic E-state index is 11.5. The zero-order chi connectivity index (χ0) is 13.5. The number of rotatable bonds is 7. The lowest BCUT2D eigenvalue weighted by molar-refractivity contribution is -0.122. The summed E-state index contributed by atoms with van der Waals surface area (Å²) < 4.78 is 0. The summed E-state index contributed by atoms with van der Waals surface area (Å²) in [5, 5.41) is 2.89. The molecule has 0 radical (unpaired) electrons. The maximum absolute atomic E-state index is 11.5. The third-order valence-electron chi connectivity index (χ3n) is 2.51. The van der Waals surface area contributed by atoms with Crippen molar-refractivity contribution in [1.82, 2.24) is 5.32 Å². The SMILES string of the molecule is CC(C)C(=O)CCCCNC(=O)CC(C)(C)C. The van der Waals surface area contributed by atoms with Gasteiger partial charge in [0.1, 0.15) is 5.78 Å². The number of Topliss-reactive ketones (excluding diaryl/α,β-unsaturated/α-hetero) is 1. The van der Waals surface area contributed by atoms with Crippen LogP contribution in [0.15, 0.2) is 0 Å². The molecule has 17 heavy (non-hydrogen) atoms. The zero-order valence-corrected chi connectivity index (χ0v) is 11.9. The van der Waals surface area contributed by atoms with Crippen LogP contribution in [0, 0.1) is 11.3 Å². The van der Waals surface area contributed by atoms with Gasteiger partial charge in [-0.1, -0.05) is 34.6 Å². The van der Waals surface area contributed by atoms with E-state index >= 15 is 0 Å². The van der Waals surface area contributed by atoms with Crippen LogP contribution in [-0.2, 0) is 9.59 Å². The van der Waals surface area contributed by atoms with Gasteiger partial charge in [-0.3, -0.25) is 9.59 Å². The molecule has 0 saturated heterocycles. The summed E-state index contributed by atoms with van der Waals surface area (Å²) in [5.74, 6) is 0.546. The summed E-state index contributed by atoms with van der Waals surface area (Å²) in [5.41, 5.74) is 0.0394. The first-order chi connectivity index (χ1) is 7.72. The maximum Gasteiger partial charge on any atom is 0.220 e. The molecule has 0 bridgehead atoms. The van der Waals surface area contributed by atoms with E-state index in [1.165, 1.54) is 0 Å². The standard InChI is InChI=1S/C14H27NO2/c1-11(2)12(16)8-6-7-9-15-13(17)10-14(3,4)5/h11H,6-10H2,1-5H3,(H,15,17). The van der Waals surface area contributed by atoms with Crippen LogP contribution in [0.5, 0.6) is 0 Å². The van der Waals surface area contributed by atoms with Crippen molar-refractivity contribution in [2.75, 3.05) is 6.54 Å². The fourth-order valence-electron chi connectivity index (χ4n) is 1.48. The van der Waals surface area contributed by atoms with Gasteiger partial charge in [-0.05, 0) is 18.3 Å². The Balaban J connectivity index is 3.53. The molecule has 0 spiro atoms. The number of hydrogen-bond acceptors (Lipinski definition) is 2. The smallest absolute Gasteiger partial charge is 0.220 e. The van der Waals surface area contributed by atoms with Gasteiger partial charge < -0.3 is 5.32 Å². The second kappa shape index (κ2) is 7.46. The highest BCUT2D eigenvalue weighted by atomic mass is 16.1. The van der Waals surface area contributed by atoms with Gasteiger partial charge in [0.25, 0.3) is 0 Å². The molecule has 0 aliphatic rings. The number of carbonyl (C=O) groups is 2. The van der Waals surface area contributed by atoms with E-state index in [9.17, 15) is 9.59 Å². The second-order valence-electron chi connectivity index (χ2n) is 6.17. The Morgan fingerprint density at radius 1 is 1.12 bits per heavy atom. The molecule has 0 unspecified atom stereocenters. The third-order valence-corrected chi connectivity index (χ3v) is 2.51. The van der Waals surface area contributed by atoms with Crippen molar-refractivity contribution >= 4 is 11.7 Å². The van der Waals surface area contributed by atoms with Crippen LogP contribution in [-0.4, -0.2) is 18.2 Å². The van der Waals surface area contributed by atoms with Gasteiger partial charge in [0.15, 0.2) is 0 Å². The Hall–Kier alpha value is -0.860. The predicted molar refractivity (Wildman–Crippen MR) is 70.8 cm³/mol. The summed E-state index contributed by atoms with van der Waals surface area (Å²) in [6.45, 7) is 10.7. The van der Waals surface area contributed by atoms with Crippen LogP contribution in [0.25, 0.3) is 0 Å². The van der Waals surface area contributed by atoms with Gasteiger partial charge in [0.2, 0.25) is 5.91 Å². The van der Waals surface area contributed by atoms with E-state index in [-0.39, 0.29) is 17.2 Å². The summed E-state index contributed by atoms with van der Waals surface area (Å²) in [7, 11) is 0. The molecule has 1 amide bonds. The Morgan fingerprint density at radius 3 is 2.18 bits per heavy atom. The molecule has 1 N–H and O–H groups in total. The van der Waals surface area contributed by atoms with Crippen molar-refractivity contribution in [2.45, 2.75) is 60.3 Å². The van der Waals surface area contributed by atoms with E-state index in [0.29, 0.717) is 25.2 Å². The van der Waals surface area contributed by atoms with Crippen molar-refractivity contribution in [2.24, 2.45) is 11.3 Å². The lowest BCUT2D eigenvalue weighted by atomic mass is 9.92. The molecule has 0 saturated carbocycles. The van der Waals surface area contributed by atoms with E-state index in [1.54, 1.807) is 0 Å². The highest BCUT2D eigenvalue weighted by molar-refractivity contribution is 5.80. The highest BCUT2D eigenvalue weighted by Gasteiger charge is 2.15. The Bertz CT molecular complexity index is 251. The van der Waals surface area contributed by atoms with Crippen LogP contribution in [0.2, 0.25) is 0 Å². The summed E-state index contributed by atoms with van der Waals surface area (Å²) in [6.07, 6.45) is 2.94. The molecular formula is C14H27NO2. The number of carbonyl (C=O) groups excluding carboxylic acids is 2. The summed E-state index contributed by atoms with van der Waals surface area (Å²) in [4.78, 5) is 22.8. The fourth-order valence-corrected chi connectivity index (χ4v) is 1.48. The molecule has 100 valence electrons. The van der Waals surface area contributed by atoms with E-state index in [4.69, 9.17) is 0 Å². The van der Waals surface area contributed by atoms with E-state index in [0.717, 1.165) is 12.8 Å². The summed E-state index contributed by atoms with van der Waals surface area (Å²) >= 11 is 0. The molecule has 0 atom stereocenters. The van der Waals surface area contributed by atoms with Gasteiger partial charge >= 0.3 is 0 Å². The summed E-state index contributed by atoms with van der Waals surface area (Å²) in [6, 6.07) is 0. The highest BCUT2D eigenvalue weighted by Crippen LogP contribution is 2.17. The van der Waals surface area contributed by atoms with Crippen LogP contribution < -0.4 is 5.32 Å². The predicted octanol–water partition coefficient (Wildman–Crippen LogP) is 2.93. The second-order valence-corrected chi connectivity index (χ2v) is 6.17. The Morgan fingerprint density at radius 2 is 1.71 bits per heavy atom. The normalized spacial score (nSPS) is 11.6. The minimum Gasteiger partial charge on any atom is -0.356 e. The van der Waals surface area contributed by atoms with Crippen LogP contribution in [0.1, 0.15) is 60.3 Å². The van der Waals surface area contributed by atoms with Crippen molar-refractivity contribution in [3.05, 3.63) is 0 Å². The van der Waals surface area contributed by atoms with Crippen LogP contribution in [0.4, 0.5) is 0 Å². The Labute approximate surface area is 105 Å². The van der Waals surface area contributed by atoms with Crippen molar-refractivity contribution in [1.29, 1.82) is 0 Å². The average molecular weight is 241 g/mol. The molecule has 0 aromatic carbocycles. The first kappa shape index (κ1) is 16.1. The third kappa shape index (κ3) is 10.0. The fraction of sp³-hybridized carbons (Fsp3) is 0.857. The molecule has 0 aromatic rings. The van der Waals surface area contributed by atoms with E-state index in [2.05, 4.69) is 5.32 Å². The average Bonchev–Trinajstić information content (AvgIpc) is 2.13. The lowest BCUT2D eigenvalue weighted by Crippen LogP contribution is -2.28. The number of nitrogens with one attached hydrogen (secondary N) is 1. The van der Waals surface area contributed by atoms with Crippen molar-refractivity contribution in [3.8, 4) is 0 Å². The first-order valence-electron chi connectivity index (χ1n) is 6.52. The Kier molecular flexibility index (Phi) is 7.09. The molecule has 0 aromatic heterocycles. The van der Waals surface area contributed by atoms with Crippen molar-refractivity contribution < 1.29 is 9.59 Å². The van der Waals surface area contributed by atoms with Gasteiger partial charge in [-0.2, -0.15) is 0 Å². The molecule has 0 heterocycles. The monoisotopic (exact) mass is 241 g/mol. The topological polar surface area (TPSA) is 46.2 Å². The van der Waals surface area contributed by atoms with Gasteiger partial charge in [0.05, 0.1) is 0 Å². The largest absolute Gasteiger partial charge is 0.356 e. The molecule has 3 heteroatoms. The molecule has 0 fully saturated rings. The number of ketones is 1. The van der Waals surface area contributed by atoms with E-state index < -0.39 is 0 Å². The number of unbranched alkanes of at least 4 members (excludes halogenated alkanes) is 1. The number of hydrogen-bond donors (Lipinski definition) is 1. The quantitative estimate of drug-likeness (QED) is 0.697. The van der Waals surface area contributed by atoms with Gasteiger partial charge in [0, 0.05) is 25.3 Å². The zero-order valence-electron chi connectivity index (χ0n) is 11.9. The van der Waals surface area contributed by atoms with Crippen LogP contribution in [0.3, 0.4) is 0 Å².